The lowest BCUT2D eigenvalue weighted by atomic mass is 9.47. The summed E-state index contributed by atoms with van der Waals surface area (Å²) in [7, 11) is 4.10. The molecule has 3 fully saturated rings. The van der Waals surface area contributed by atoms with Gasteiger partial charge in [0.15, 0.2) is 0 Å². The Hall–Kier alpha value is -1.16. The predicted molar refractivity (Wildman–Crippen MR) is 109 cm³/mol. The highest BCUT2D eigenvalue weighted by Crippen LogP contribution is 2.64. The molecular weight excluding hydrogens is 336 g/mol. The molecule has 0 aromatic heterocycles. The van der Waals surface area contributed by atoms with E-state index in [0.717, 1.165) is 49.8 Å². The van der Waals surface area contributed by atoms with Crippen LogP contribution in [0.5, 0.6) is 0 Å². The number of nitrogens with zero attached hydrogens (tertiary/aromatic N) is 2. The van der Waals surface area contributed by atoms with Crippen molar-refractivity contribution in [1.29, 1.82) is 0 Å². The van der Waals surface area contributed by atoms with E-state index in [4.69, 9.17) is 4.84 Å². The molecule has 0 saturated heterocycles. The van der Waals surface area contributed by atoms with E-state index >= 15 is 0 Å². The van der Waals surface area contributed by atoms with E-state index in [0.29, 0.717) is 23.7 Å². The van der Waals surface area contributed by atoms with Gasteiger partial charge in [0.1, 0.15) is 12.4 Å². The van der Waals surface area contributed by atoms with Gasteiger partial charge in [-0.1, -0.05) is 24.6 Å². The van der Waals surface area contributed by atoms with Crippen LogP contribution in [-0.2, 0) is 9.63 Å². The van der Waals surface area contributed by atoms with Crippen LogP contribution in [0.3, 0.4) is 0 Å². The lowest BCUT2D eigenvalue weighted by molar-refractivity contribution is -0.132. The number of likely N-dealkylation sites (N-methyl/N-ethyl adjacent to an activating group) is 1. The summed E-state index contributed by atoms with van der Waals surface area (Å²) in [4.78, 5) is 20.2. The Morgan fingerprint density at radius 1 is 1.07 bits per heavy atom. The highest BCUT2D eigenvalue weighted by molar-refractivity contribution is 5.96. The average molecular weight is 373 g/mol. The zero-order valence-electron chi connectivity index (χ0n) is 17.6. The topological polar surface area (TPSA) is 41.9 Å². The number of Topliss-reactive ketones (excluding diaryl/α,β-unsaturated/α-hetero) is 1. The highest BCUT2D eigenvalue weighted by atomic mass is 16.6. The van der Waals surface area contributed by atoms with E-state index < -0.39 is 0 Å². The number of hydrogen-bond donors (Lipinski definition) is 0. The van der Waals surface area contributed by atoms with E-state index in [2.05, 4.69) is 44.1 Å². The Labute approximate surface area is 164 Å². The molecule has 4 rings (SSSR count). The summed E-state index contributed by atoms with van der Waals surface area (Å²) < 4.78 is 0. The average Bonchev–Trinajstić information content (AvgIpc) is 2.94. The second kappa shape index (κ2) is 7.02. The Bertz CT molecular complexity index is 667. The Balaban J connectivity index is 1.50. The molecule has 27 heavy (non-hydrogen) atoms. The van der Waals surface area contributed by atoms with Gasteiger partial charge < -0.3 is 9.74 Å². The molecule has 4 heteroatoms. The minimum absolute atomic E-state index is 0.0136. The van der Waals surface area contributed by atoms with Crippen LogP contribution in [0.4, 0.5) is 0 Å². The number of fused-ring (bicyclic) bond motifs is 5. The molecule has 0 heterocycles. The first-order valence-corrected chi connectivity index (χ1v) is 10.9. The maximum Gasteiger partial charge on any atom is 0.139 e. The van der Waals surface area contributed by atoms with E-state index in [9.17, 15) is 4.79 Å². The molecule has 0 radical (unpaired) electrons. The van der Waals surface area contributed by atoms with Gasteiger partial charge in [-0.25, -0.2) is 0 Å². The predicted octanol–water partition coefficient (Wildman–Crippen LogP) is 4.45. The van der Waals surface area contributed by atoms with Crippen molar-refractivity contribution < 1.29 is 9.63 Å². The van der Waals surface area contributed by atoms with Gasteiger partial charge in [-0.3, -0.25) is 4.79 Å². The van der Waals surface area contributed by atoms with Crippen LogP contribution in [0.15, 0.2) is 16.8 Å². The monoisotopic (exact) mass is 372 g/mol. The molecule has 4 aliphatic carbocycles. The molecule has 5 atom stereocenters. The Morgan fingerprint density at radius 2 is 1.85 bits per heavy atom. The second-order valence-corrected chi connectivity index (χ2v) is 10.1. The number of carbonyl (C=O) groups is 1. The molecule has 0 spiro atoms. The molecule has 0 aromatic carbocycles. The van der Waals surface area contributed by atoms with Gasteiger partial charge >= 0.3 is 0 Å². The van der Waals surface area contributed by atoms with Crippen molar-refractivity contribution in [3.63, 3.8) is 0 Å². The third kappa shape index (κ3) is 3.18. The lowest BCUT2D eigenvalue weighted by Gasteiger charge is -2.57. The van der Waals surface area contributed by atoms with E-state index in [1.807, 2.05) is 0 Å². The van der Waals surface area contributed by atoms with Gasteiger partial charge in [0.05, 0.1) is 5.71 Å². The molecule has 4 nitrogen and oxygen atoms in total. The van der Waals surface area contributed by atoms with E-state index in [-0.39, 0.29) is 5.41 Å². The highest BCUT2D eigenvalue weighted by Gasteiger charge is 2.58. The summed E-state index contributed by atoms with van der Waals surface area (Å²) in [6.45, 7) is 6.32. The lowest BCUT2D eigenvalue weighted by Crippen LogP contribution is -2.50. The molecule has 3 saturated carbocycles. The fraction of sp³-hybridized carbons (Fsp3) is 0.826. The molecule has 4 aliphatic rings. The Morgan fingerprint density at radius 3 is 2.63 bits per heavy atom. The minimum Gasteiger partial charge on any atom is -0.394 e. The second-order valence-electron chi connectivity index (χ2n) is 10.1. The number of carbonyl (C=O) groups excluding carboxylic acids is 1. The standard InChI is InChI=1S/C23H36N2O2/c1-22-11-9-17(24-27-14-13-25(3)4)15-16(22)5-6-18-19-7-8-21(26)23(19,2)12-10-20(18)22/h15,18-20H,5-14H2,1-4H3/b24-17+/t18?,19?,20?,22-,23-/m0/s1. The number of allylic oxidation sites excluding steroid dienone is 2. The van der Waals surface area contributed by atoms with Crippen LogP contribution < -0.4 is 0 Å². The van der Waals surface area contributed by atoms with E-state index in [1.165, 1.54) is 25.7 Å². The van der Waals surface area contributed by atoms with Gasteiger partial charge in [-0.15, -0.1) is 0 Å². The SMILES string of the molecule is CN(C)CCO/N=C1/C=C2CCC3C(CC[C@]4(C)C(=O)CCC34)[C@@]2(C)CC1. The Kier molecular flexibility index (Phi) is 4.99. The number of rotatable bonds is 4. The quantitative estimate of drug-likeness (QED) is 0.541. The van der Waals surface area contributed by atoms with Crippen LogP contribution in [-0.4, -0.2) is 43.6 Å². The van der Waals surface area contributed by atoms with Crippen molar-refractivity contribution in [3.05, 3.63) is 11.6 Å². The van der Waals surface area contributed by atoms with Crippen LogP contribution in [0.2, 0.25) is 0 Å². The summed E-state index contributed by atoms with van der Waals surface area (Å²) in [6.07, 6.45) is 11.3. The van der Waals surface area contributed by atoms with Crippen molar-refractivity contribution in [3.8, 4) is 0 Å². The zero-order valence-corrected chi connectivity index (χ0v) is 17.6. The molecule has 0 aliphatic heterocycles. The molecule has 0 bridgehead atoms. The fourth-order valence-electron chi connectivity index (χ4n) is 6.77. The molecule has 3 unspecified atom stereocenters. The van der Waals surface area contributed by atoms with Crippen molar-refractivity contribution in [2.24, 2.45) is 33.7 Å². The van der Waals surface area contributed by atoms with Crippen molar-refractivity contribution in [2.45, 2.75) is 65.2 Å². The van der Waals surface area contributed by atoms with Crippen LogP contribution in [0.1, 0.15) is 65.2 Å². The van der Waals surface area contributed by atoms with Crippen molar-refractivity contribution in [2.75, 3.05) is 27.2 Å². The third-order valence-corrected chi connectivity index (χ3v) is 8.50. The van der Waals surface area contributed by atoms with E-state index in [1.54, 1.807) is 5.57 Å². The van der Waals surface area contributed by atoms with Gasteiger partial charge in [-0.2, -0.15) is 0 Å². The van der Waals surface area contributed by atoms with Crippen LogP contribution >= 0.6 is 0 Å². The van der Waals surface area contributed by atoms with Crippen LogP contribution in [0.25, 0.3) is 0 Å². The molecule has 0 N–H and O–H groups in total. The fourth-order valence-corrected chi connectivity index (χ4v) is 6.77. The van der Waals surface area contributed by atoms with Gasteiger partial charge in [0, 0.05) is 18.4 Å². The summed E-state index contributed by atoms with van der Waals surface area (Å²) in [5, 5.41) is 4.42. The molecular formula is C23H36N2O2. The molecule has 0 aromatic rings. The zero-order chi connectivity index (χ0) is 19.2. The normalized spacial score (nSPS) is 42.6. The van der Waals surface area contributed by atoms with Gasteiger partial charge in [-0.05, 0) is 88.3 Å². The van der Waals surface area contributed by atoms with Gasteiger partial charge in [0.25, 0.3) is 0 Å². The first-order valence-electron chi connectivity index (χ1n) is 10.9. The number of hydrogen-bond acceptors (Lipinski definition) is 4. The smallest absolute Gasteiger partial charge is 0.139 e. The third-order valence-electron chi connectivity index (χ3n) is 8.50. The van der Waals surface area contributed by atoms with Crippen molar-refractivity contribution >= 4 is 11.5 Å². The maximum absolute atomic E-state index is 12.5. The van der Waals surface area contributed by atoms with Crippen molar-refractivity contribution in [1.82, 2.24) is 4.90 Å². The van der Waals surface area contributed by atoms with Crippen LogP contribution in [0, 0.1) is 28.6 Å². The summed E-state index contributed by atoms with van der Waals surface area (Å²) in [6, 6.07) is 0. The number of ketones is 1. The maximum atomic E-state index is 12.5. The largest absolute Gasteiger partial charge is 0.394 e. The molecule has 150 valence electrons. The summed E-state index contributed by atoms with van der Waals surface area (Å²) >= 11 is 0. The minimum atomic E-state index is -0.0136. The summed E-state index contributed by atoms with van der Waals surface area (Å²) in [5.41, 5.74) is 3.01. The van der Waals surface area contributed by atoms with Gasteiger partial charge in [0.2, 0.25) is 0 Å². The molecule has 0 amide bonds. The first-order chi connectivity index (χ1) is 12.8. The first kappa shape index (κ1) is 19.2. The summed E-state index contributed by atoms with van der Waals surface area (Å²) in [5.74, 6) is 2.67. The number of oxime groups is 1.